The van der Waals surface area contributed by atoms with Gasteiger partial charge in [-0.15, -0.1) is 0 Å². The lowest BCUT2D eigenvalue weighted by Gasteiger charge is -2.25. The summed E-state index contributed by atoms with van der Waals surface area (Å²) in [5.74, 6) is 0.501. The SMILES string of the molecule is CCCOc1cccc([C@H]2c3c(oc4ccc(C)cc4c3=O)C(=O)N2Cc2cccnc2)c1. The second kappa shape index (κ2) is 8.54. The van der Waals surface area contributed by atoms with Gasteiger partial charge in [0.1, 0.15) is 11.3 Å². The lowest BCUT2D eigenvalue weighted by atomic mass is 9.97. The van der Waals surface area contributed by atoms with Crippen LogP contribution in [-0.2, 0) is 6.54 Å². The Kier molecular flexibility index (Phi) is 5.42. The van der Waals surface area contributed by atoms with Crippen molar-refractivity contribution in [1.29, 1.82) is 0 Å². The van der Waals surface area contributed by atoms with Crippen molar-refractivity contribution >= 4 is 16.9 Å². The van der Waals surface area contributed by atoms with Crippen LogP contribution in [0.5, 0.6) is 5.75 Å². The average molecular weight is 440 g/mol. The number of nitrogens with zero attached hydrogens (tertiary/aromatic N) is 2. The fourth-order valence-corrected chi connectivity index (χ4v) is 4.33. The number of amides is 1. The predicted octanol–water partition coefficient (Wildman–Crippen LogP) is 5.03. The van der Waals surface area contributed by atoms with Gasteiger partial charge in [0.25, 0.3) is 5.91 Å². The number of rotatable bonds is 6. The van der Waals surface area contributed by atoms with Crippen LogP contribution >= 0.6 is 0 Å². The number of aryl methyl sites for hydroxylation is 1. The Balaban J connectivity index is 1.69. The highest BCUT2D eigenvalue weighted by Gasteiger charge is 2.42. The lowest BCUT2D eigenvalue weighted by Crippen LogP contribution is -2.29. The van der Waals surface area contributed by atoms with E-state index >= 15 is 0 Å². The number of pyridine rings is 1. The van der Waals surface area contributed by atoms with Crippen LogP contribution in [0, 0.1) is 6.92 Å². The van der Waals surface area contributed by atoms with Crippen LogP contribution in [0.3, 0.4) is 0 Å². The van der Waals surface area contributed by atoms with Crippen molar-refractivity contribution in [2.24, 2.45) is 0 Å². The number of fused-ring (bicyclic) bond motifs is 2. The zero-order chi connectivity index (χ0) is 22.9. The van der Waals surface area contributed by atoms with E-state index < -0.39 is 6.04 Å². The summed E-state index contributed by atoms with van der Waals surface area (Å²) >= 11 is 0. The topological polar surface area (TPSA) is 72.6 Å². The van der Waals surface area contributed by atoms with Crippen molar-refractivity contribution in [2.75, 3.05) is 6.61 Å². The first-order valence-electron chi connectivity index (χ1n) is 11.1. The molecule has 2 aromatic carbocycles. The summed E-state index contributed by atoms with van der Waals surface area (Å²) in [4.78, 5) is 33.1. The maximum Gasteiger partial charge on any atom is 0.291 e. The van der Waals surface area contributed by atoms with Crippen LogP contribution in [0.15, 0.2) is 76.2 Å². The van der Waals surface area contributed by atoms with Gasteiger partial charge in [-0.2, -0.15) is 0 Å². The molecule has 1 aliphatic heterocycles. The van der Waals surface area contributed by atoms with E-state index in [-0.39, 0.29) is 17.1 Å². The van der Waals surface area contributed by atoms with Crippen molar-refractivity contribution in [3.05, 3.63) is 105 Å². The monoisotopic (exact) mass is 440 g/mol. The Morgan fingerprint density at radius 1 is 1.09 bits per heavy atom. The molecule has 6 heteroatoms. The van der Waals surface area contributed by atoms with Crippen molar-refractivity contribution < 1.29 is 13.9 Å². The number of aromatic nitrogens is 1. The Hall–Kier alpha value is -3.93. The lowest BCUT2D eigenvalue weighted by molar-refractivity contribution is 0.0714. The largest absolute Gasteiger partial charge is 0.494 e. The molecule has 0 fully saturated rings. The highest BCUT2D eigenvalue weighted by atomic mass is 16.5. The van der Waals surface area contributed by atoms with E-state index in [4.69, 9.17) is 9.15 Å². The molecule has 33 heavy (non-hydrogen) atoms. The van der Waals surface area contributed by atoms with Gasteiger partial charge in [-0.25, -0.2) is 0 Å². The molecule has 4 aromatic rings. The quantitative estimate of drug-likeness (QED) is 0.420. The van der Waals surface area contributed by atoms with Crippen molar-refractivity contribution in [1.82, 2.24) is 9.88 Å². The third-order valence-electron chi connectivity index (χ3n) is 5.84. The Labute approximate surface area is 191 Å². The molecule has 0 saturated carbocycles. The summed E-state index contributed by atoms with van der Waals surface area (Å²) in [5.41, 5.74) is 3.24. The number of benzene rings is 2. The molecule has 5 rings (SSSR count). The standard InChI is InChI=1S/C27H24N2O4/c1-3-12-32-20-8-4-7-19(14-20)24-23-25(30)21-13-17(2)9-10-22(21)33-26(23)27(31)29(24)16-18-6-5-11-28-15-18/h4-11,13-15,24H,3,12,16H2,1-2H3/t24-/m0/s1. The van der Waals surface area contributed by atoms with Gasteiger partial charge in [-0.3, -0.25) is 14.6 Å². The molecular weight excluding hydrogens is 416 g/mol. The Bertz CT molecular complexity index is 1390. The summed E-state index contributed by atoms with van der Waals surface area (Å²) in [6, 6.07) is 16.2. The molecule has 0 radical (unpaired) electrons. The van der Waals surface area contributed by atoms with Crippen LogP contribution < -0.4 is 10.2 Å². The van der Waals surface area contributed by atoms with Gasteiger partial charge in [0, 0.05) is 18.9 Å². The highest BCUT2D eigenvalue weighted by Crippen LogP contribution is 2.40. The second-order valence-corrected chi connectivity index (χ2v) is 8.29. The number of ether oxygens (including phenoxy) is 1. The molecular formula is C27H24N2O4. The minimum atomic E-state index is -0.584. The number of hydrogen-bond donors (Lipinski definition) is 0. The Morgan fingerprint density at radius 2 is 1.97 bits per heavy atom. The van der Waals surface area contributed by atoms with Gasteiger partial charge >= 0.3 is 0 Å². The second-order valence-electron chi connectivity index (χ2n) is 8.29. The van der Waals surface area contributed by atoms with Gasteiger partial charge in [-0.05, 0) is 54.8 Å². The highest BCUT2D eigenvalue weighted by molar-refractivity contribution is 5.99. The van der Waals surface area contributed by atoms with Gasteiger partial charge in [0.05, 0.1) is 23.6 Å². The van der Waals surface area contributed by atoms with E-state index in [2.05, 4.69) is 4.98 Å². The first-order valence-corrected chi connectivity index (χ1v) is 11.1. The van der Waals surface area contributed by atoms with Gasteiger partial charge < -0.3 is 14.1 Å². The molecule has 0 aliphatic carbocycles. The molecule has 0 N–H and O–H groups in total. The summed E-state index contributed by atoms with van der Waals surface area (Å²) in [5, 5.41) is 0.480. The molecule has 6 nitrogen and oxygen atoms in total. The molecule has 1 aliphatic rings. The van der Waals surface area contributed by atoms with Crippen molar-refractivity contribution in [2.45, 2.75) is 32.9 Å². The molecule has 0 unspecified atom stereocenters. The van der Waals surface area contributed by atoms with Crippen molar-refractivity contribution in [3.8, 4) is 5.75 Å². The third kappa shape index (κ3) is 3.78. The van der Waals surface area contributed by atoms with E-state index in [9.17, 15) is 9.59 Å². The third-order valence-corrected chi connectivity index (χ3v) is 5.84. The van der Waals surface area contributed by atoms with Gasteiger partial charge in [-0.1, -0.05) is 36.8 Å². The van der Waals surface area contributed by atoms with Gasteiger partial charge in [0.15, 0.2) is 5.43 Å². The van der Waals surface area contributed by atoms with Crippen LogP contribution in [0.1, 0.15) is 52.2 Å². The smallest absolute Gasteiger partial charge is 0.291 e. The fourth-order valence-electron chi connectivity index (χ4n) is 4.33. The molecule has 3 heterocycles. The molecule has 0 saturated heterocycles. The summed E-state index contributed by atoms with van der Waals surface area (Å²) in [6.07, 6.45) is 4.30. The van der Waals surface area contributed by atoms with Crippen molar-refractivity contribution in [3.63, 3.8) is 0 Å². The minimum Gasteiger partial charge on any atom is -0.494 e. The molecule has 1 amide bonds. The molecule has 0 bridgehead atoms. The van der Waals surface area contributed by atoms with Crippen LogP contribution in [0.2, 0.25) is 0 Å². The van der Waals surface area contributed by atoms with Crippen LogP contribution in [0.25, 0.3) is 11.0 Å². The van der Waals surface area contributed by atoms with Gasteiger partial charge in [0.2, 0.25) is 5.76 Å². The zero-order valence-electron chi connectivity index (χ0n) is 18.6. The average Bonchev–Trinajstić information content (AvgIpc) is 3.11. The van der Waals surface area contributed by atoms with E-state index in [1.807, 2.05) is 62.4 Å². The maximum atomic E-state index is 13.7. The summed E-state index contributed by atoms with van der Waals surface area (Å²) in [7, 11) is 0. The number of hydrogen-bond acceptors (Lipinski definition) is 5. The summed E-state index contributed by atoms with van der Waals surface area (Å²) in [6.45, 7) is 4.87. The van der Waals surface area contributed by atoms with E-state index in [1.165, 1.54) is 0 Å². The molecule has 0 spiro atoms. The summed E-state index contributed by atoms with van der Waals surface area (Å²) < 4.78 is 11.9. The zero-order valence-corrected chi connectivity index (χ0v) is 18.6. The van der Waals surface area contributed by atoms with Crippen LogP contribution in [-0.4, -0.2) is 22.4 Å². The normalized spacial score (nSPS) is 15.2. The minimum absolute atomic E-state index is 0.102. The maximum absolute atomic E-state index is 13.7. The van der Waals surface area contributed by atoms with E-state index in [0.717, 1.165) is 23.1 Å². The molecule has 166 valence electrons. The Morgan fingerprint density at radius 3 is 2.76 bits per heavy atom. The number of carbonyl (C=O) groups is 1. The molecule has 1 atom stereocenters. The molecule has 2 aromatic heterocycles. The number of carbonyl (C=O) groups excluding carboxylic acids is 1. The fraction of sp³-hybridized carbons (Fsp3) is 0.222. The first kappa shape index (κ1) is 20.9. The van der Waals surface area contributed by atoms with Crippen LogP contribution in [0.4, 0.5) is 0 Å². The van der Waals surface area contributed by atoms with E-state index in [0.29, 0.717) is 35.4 Å². The first-order chi connectivity index (χ1) is 16.1. The van der Waals surface area contributed by atoms with E-state index in [1.54, 1.807) is 23.4 Å². The predicted molar refractivity (Wildman–Crippen MR) is 125 cm³/mol.